The van der Waals surface area contributed by atoms with Crippen molar-refractivity contribution in [3.8, 4) is 11.5 Å². The van der Waals surface area contributed by atoms with E-state index in [0.29, 0.717) is 25.5 Å². The highest BCUT2D eigenvalue weighted by Gasteiger charge is 2.31. The van der Waals surface area contributed by atoms with Crippen molar-refractivity contribution in [1.82, 2.24) is 19.4 Å². The number of likely N-dealkylation sites (tertiary alicyclic amines) is 1. The van der Waals surface area contributed by atoms with Gasteiger partial charge in [0.1, 0.15) is 19.0 Å². The van der Waals surface area contributed by atoms with Crippen LogP contribution in [-0.2, 0) is 11.3 Å². The summed E-state index contributed by atoms with van der Waals surface area (Å²) in [6, 6.07) is 5.80. The van der Waals surface area contributed by atoms with Crippen molar-refractivity contribution < 1.29 is 23.0 Å². The third-order valence-corrected chi connectivity index (χ3v) is 5.30. The van der Waals surface area contributed by atoms with Crippen LogP contribution < -0.4 is 9.47 Å². The van der Waals surface area contributed by atoms with Crippen molar-refractivity contribution in [3.05, 3.63) is 42.0 Å². The van der Waals surface area contributed by atoms with Gasteiger partial charge in [-0.25, -0.2) is 4.98 Å². The number of benzene rings is 1. The number of carbonyl (C=O) groups excluding carboxylic acids is 1. The molecule has 156 valence electrons. The van der Waals surface area contributed by atoms with Crippen molar-refractivity contribution in [3.63, 3.8) is 0 Å². The Kier molecular flexibility index (Phi) is 5.66. The maximum atomic E-state index is 13.0. The number of halogens is 2. The van der Waals surface area contributed by atoms with Crippen LogP contribution in [0.3, 0.4) is 0 Å². The SMILES string of the molecule is CN(CC(=O)N1CCCC1c1ccc2c(c1)OCCO2)Cc1nccn1C(F)F. The van der Waals surface area contributed by atoms with Crippen molar-refractivity contribution in [2.75, 3.05) is 33.4 Å². The molecule has 7 nitrogen and oxygen atoms in total. The second kappa shape index (κ2) is 8.36. The number of rotatable bonds is 6. The number of fused-ring (bicyclic) bond motifs is 1. The summed E-state index contributed by atoms with van der Waals surface area (Å²) in [4.78, 5) is 20.5. The second-order valence-electron chi connectivity index (χ2n) is 7.35. The van der Waals surface area contributed by atoms with Crippen LogP contribution in [0, 0.1) is 0 Å². The van der Waals surface area contributed by atoms with Crippen LogP contribution in [-0.4, -0.2) is 58.6 Å². The van der Waals surface area contributed by atoms with Crippen LogP contribution in [0.25, 0.3) is 0 Å². The predicted octanol–water partition coefficient (Wildman–Crippen LogP) is 2.84. The Labute approximate surface area is 167 Å². The van der Waals surface area contributed by atoms with Gasteiger partial charge in [-0.15, -0.1) is 0 Å². The molecule has 0 N–H and O–H groups in total. The Hall–Kier alpha value is -2.68. The first-order chi connectivity index (χ1) is 14.0. The topological polar surface area (TPSA) is 59.8 Å². The number of hydrogen-bond acceptors (Lipinski definition) is 5. The van der Waals surface area contributed by atoms with Gasteiger partial charge in [0, 0.05) is 18.9 Å². The Morgan fingerprint density at radius 1 is 1.31 bits per heavy atom. The lowest BCUT2D eigenvalue weighted by molar-refractivity contribution is -0.133. The standard InChI is InChI=1S/C20H24F2N4O3/c1-24(12-18-23-6-8-26(18)20(21)22)13-19(27)25-7-2-3-15(25)14-4-5-16-17(11-14)29-10-9-28-16/h4-6,8,11,15,20H,2-3,7,9-10,12-13H2,1H3. The number of nitrogens with zero attached hydrogens (tertiary/aromatic N) is 4. The van der Waals surface area contributed by atoms with E-state index in [4.69, 9.17) is 9.47 Å². The number of hydrogen-bond donors (Lipinski definition) is 0. The molecular formula is C20H24F2N4O3. The molecule has 2 aromatic rings. The molecule has 2 aliphatic heterocycles. The van der Waals surface area contributed by atoms with Crippen molar-refractivity contribution in [2.45, 2.75) is 32.0 Å². The largest absolute Gasteiger partial charge is 0.486 e. The number of amides is 1. The van der Waals surface area contributed by atoms with Gasteiger partial charge in [0.15, 0.2) is 11.5 Å². The van der Waals surface area contributed by atoms with Crippen LogP contribution in [0.4, 0.5) is 8.78 Å². The van der Waals surface area contributed by atoms with E-state index in [1.165, 1.54) is 12.4 Å². The fraction of sp³-hybridized carbons (Fsp3) is 0.500. The third kappa shape index (κ3) is 4.19. The first-order valence-electron chi connectivity index (χ1n) is 9.70. The van der Waals surface area contributed by atoms with Gasteiger partial charge in [0.05, 0.1) is 19.1 Å². The van der Waals surface area contributed by atoms with E-state index in [0.717, 1.165) is 28.7 Å². The zero-order chi connectivity index (χ0) is 20.4. The smallest absolute Gasteiger partial charge is 0.319 e. The Bertz CT molecular complexity index is 873. The summed E-state index contributed by atoms with van der Waals surface area (Å²) < 4.78 is 38.0. The molecule has 2 aliphatic rings. The molecule has 3 heterocycles. The first-order valence-corrected chi connectivity index (χ1v) is 9.70. The maximum Gasteiger partial charge on any atom is 0.319 e. The highest BCUT2D eigenvalue weighted by molar-refractivity contribution is 5.79. The maximum absolute atomic E-state index is 13.0. The lowest BCUT2D eigenvalue weighted by atomic mass is 10.0. The van der Waals surface area contributed by atoms with Crippen molar-refractivity contribution >= 4 is 5.91 Å². The summed E-state index contributed by atoms with van der Waals surface area (Å²) in [5.41, 5.74) is 1.02. The number of alkyl halides is 2. The zero-order valence-corrected chi connectivity index (χ0v) is 16.3. The van der Waals surface area contributed by atoms with E-state index in [-0.39, 0.29) is 30.9 Å². The summed E-state index contributed by atoms with van der Waals surface area (Å²) in [5.74, 6) is 1.65. The molecule has 0 aliphatic carbocycles. The van der Waals surface area contributed by atoms with Gasteiger partial charge in [0.2, 0.25) is 5.91 Å². The van der Waals surface area contributed by atoms with Gasteiger partial charge in [-0.2, -0.15) is 8.78 Å². The normalized spacial score (nSPS) is 18.7. The third-order valence-electron chi connectivity index (χ3n) is 5.30. The highest BCUT2D eigenvalue weighted by atomic mass is 19.3. The van der Waals surface area contributed by atoms with E-state index < -0.39 is 6.55 Å². The lowest BCUT2D eigenvalue weighted by Crippen LogP contribution is -2.38. The summed E-state index contributed by atoms with van der Waals surface area (Å²) >= 11 is 0. The zero-order valence-electron chi connectivity index (χ0n) is 16.3. The van der Waals surface area contributed by atoms with Gasteiger partial charge >= 0.3 is 6.55 Å². The fourth-order valence-electron chi connectivity index (χ4n) is 3.94. The molecule has 29 heavy (non-hydrogen) atoms. The Morgan fingerprint density at radius 2 is 2.10 bits per heavy atom. The van der Waals surface area contributed by atoms with Crippen LogP contribution >= 0.6 is 0 Å². The molecule has 9 heteroatoms. The minimum atomic E-state index is -2.64. The van der Waals surface area contributed by atoms with Crippen LogP contribution in [0.2, 0.25) is 0 Å². The van der Waals surface area contributed by atoms with Gasteiger partial charge in [-0.05, 0) is 37.6 Å². The summed E-state index contributed by atoms with van der Waals surface area (Å²) in [6.07, 6.45) is 4.39. The van der Waals surface area contributed by atoms with Crippen LogP contribution in [0.15, 0.2) is 30.6 Å². The molecule has 0 radical (unpaired) electrons. The second-order valence-corrected chi connectivity index (χ2v) is 7.35. The number of likely N-dealkylation sites (N-methyl/N-ethyl adjacent to an activating group) is 1. The van der Waals surface area contributed by atoms with E-state index in [2.05, 4.69) is 4.98 Å². The molecule has 4 rings (SSSR count). The van der Waals surface area contributed by atoms with Gasteiger partial charge in [0.25, 0.3) is 0 Å². The molecule has 0 bridgehead atoms. The van der Waals surface area contributed by atoms with Gasteiger partial charge in [-0.1, -0.05) is 6.07 Å². The highest BCUT2D eigenvalue weighted by Crippen LogP contribution is 2.38. The van der Waals surface area contributed by atoms with Gasteiger partial charge in [-0.3, -0.25) is 14.3 Å². The number of carbonyl (C=O) groups is 1. The molecule has 1 unspecified atom stereocenters. The molecule has 1 aromatic carbocycles. The average molecular weight is 406 g/mol. The quantitative estimate of drug-likeness (QED) is 0.738. The molecule has 1 atom stereocenters. The van der Waals surface area contributed by atoms with E-state index >= 15 is 0 Å². The average Bonchev–Trinajstić information content (AvgIpc) is 3.37. The Balaban J connectivity index is 1.42. The lowest BCUT2D eigenvalue weighted by Gasteiger charge is -2.28. The van der Waals surface area contributed by atoms with Crippen molar-refractivity contribution in [1.29, 1.82) is 0 Å². The molecule has 0 spiro atoms. The monoisotopic (exact) mass is 406 g/mol. The van der Waals surface area contributed by atoms with E-state index in [9.17, 15) is 13.6 Å². The molecule has 1 saturated heterocycles. The Morgan fingerprint density at radius 3 is 2.90 bits per heavy atom. The molecule has 1 aromatic heterocycles. The first kappa shape index (κ1) is 19.6. The summed E-state index contributed by atoms with van der Waals surface area (Å²) in [5, 5.41) is 0. The minimum absolute atomic E-state index is 0.0187. The number of imidazole rings is 1. The van der Waals surface area contributed by atoms with E-state index in [1.807, 2.05) is 23.1 Å². The molecule has 1 fully saturated rings. The minimum Gasteiger partial charge on any atom is -0.486 e. The number of aromatic nitrogens is 2. The summed E-state index contributed by atoms with van der Waals surface area (Å²) in [6.45, 7) is -0.602. The van der Waals surface area contributed by atoms with E-state index in [1.54, 1.807) is 11.9 Å². The molecular weight excluding hydrogens is 382 g/mol. The summed E-state index contributed by atoms with van der Waals surface area (Å²) in [7, 11) is 1.73. The predicted molar refractivity (Wildman–Crippen MR) is 101 cm³/mol. The number of ether oxygens (including phenoxy) is 2. The van der Waals surface area contributed by atoms with Crippen LogP contribution in [0.5, 0.6) is 11.5 Å². The molecule has 0 saturated carbocycles. The fourth-order valence-corrected chi connectivity index (χ4v) is 3.94. The van der Waals surface area contributed by atoms with Crippen molar-refractivity contribution in [2.24, 2.45) is 0 Å². The van der Waals surface area contributed by atoms with Gasteiger partial charge < -0.3 is 14.4 Å². The van der Waals surface area contributed by atoms with Crippen LogP contribution in [0.1, 0.15) is 36.8 Å². The molecule has 1 amide bonds.